The maximum atomic E-state index is 12.2. The fourth-order valence-corrected chi connectivity index (χ4v) is 2.49. The zero-order valence-electron chi connectivity index (χ0n) is 12.1. The third-order valence-electron chi connectivity index (χ3n) is 3.46. The molecule has 0 aliphatic rings. The molecular formula is C13H19N5OS. The fourth-order valence-electron chi connectivity index (χ4n) is 1.55. The number of rotatable bonds is 4. The Kier molecular flexibility index (Phi) is 3.92. The Balaban J connectivity index is 2.18. The molecule has 0 bridgehead atoms. The minimum absolute atomic E-state index is 0.127. The van der Waals surface area contributed by atoms with Gasteiger partial charge in [-0.05, 0) is 27.9 Å². The van der Waals surface area contributed by atoms with Gasteiger partial charge in [-0.1, -0.05) is 0 Å². The van der Waals surface area contributed by atoms with E-state index in [0.717, 1.165) is 0 Å². The minimum Gasteiger partial charge on any atom is -0.396 e. The Morgan fingerprint density at radius 3 is 2.65 bits per heavy atom. The van der Waals surface area contributed by atoms with Crippen LogP contribution in [0.2, 0.25) is 0 Å². The number of anilines is 1. The van der Waals surface area contributed by atoms with Gasteiger partial charge < -0.3 is 16.0 Å². The van der Waals surface area contributed by atoms with E-state index in [9.17, 15) is 4.79 Å². The molecule has 7 heteroatoms. The molecule has 0 saturated heterocycles. The lowest BCUT2D eigenvalue weighted by Gasteiger charge is -2.32. The van der Waals surface area contributed by atoms with Crippen LogP contribution in [0.4, 0.5) is 5.69 Å². The predicted molar refractivity (Wildman–Crippen MR) is 81.9 cm³/mol. The van der Waals surface area contributed by atoms with Crippen LogP contribution >= 0.6 is 11.3 Å². The molecular weight excluding hydrogens is 274 g/mol. The zero-order chi connectivity index (χ0) is 14.9. The summed E-state index contributed by atoms with van der Waals surface area (Å²) in [6.45, 7) is 4.66. The van der Waals surface area contributed by atoms with Crippen molar-refractivity contribution >= 4 is 33.3 Å². The molecule has 2 aromatic heterocycles. The first kappa shape index (κ1) is 14.7. The van der Waals surface area contributed by atoms with E-state index in [-0.39, 0.29) is 11.4 Å². The van der Waals surface area contributed by atoms with Gasteiger partial charge in [-0.25, -0.2) is 9.97 Å². The van der Waals surface area contributed by atoms with E-state index in [2.05, 4.69) is 34.0 Å². The quantitative estimate of drug-likeness (QED) is 0.889. The zero-order valence-corrected chi connectivity index (χ0v) is 12.9. The van der Waals surface area contributed by atoms with E-state index in [0.29, 0.717) is 27.5 Å². The third-order valence-corrected chi connectivity index (χ3v) is 4.56. The van der Waals surface area contributed by atoms with Crippen molar-refractivity contribution in [1.29, 1.82) is 0 Å². The van der Waals surface area contributed by atoms with Gasteiger partial charge >= 0.3 is 0 Å². The maximum absolute atomic E-state index is 12.2. The van der Waals surface area contributed by atoms with Crippen molar-refractivity contribution in [3.63, 3.8) is 0 Å². The number of aromatic nitrogens is 2. The third kappa shape index (κ3) is 2.73. The summed E-state index contributed by atoms with van der Waals surface area (Å²) in [5.74, 6) is -0.178. The summed E-state index contributed by atoms with van der Waals surface area (Å²) >= 11 is 1.27. The molecule has 20 heavy (non-hydrogen) atoms. The molecule has 0 aromatic carbocycles. The van der Waals surface area contributed by atoms with E-state index >= 15 is 0 Å². The van der Waals surface area contributed by atoms with Crippen LogP contribution in [0.25, 0.3) is 10.3 Å². The van der Waals surface area contributed by atoms with Gasteiger partial charge in [0.1, 0.15) is 15.2 Å². The average Bonchev–Trinajstić information content (AvgIpc) is 2.74. The van der Waals surface area contributed by atoms with Crippen molar-refractivity contribution < 1.29 is 4.79 Å². The molecule has 0 unspecified atom stereocenters. The molecule has 2 rings (SSSR count). The monoisotopic (exact) mass is 293 g/mol. The number of carbonyl (C=O) groups is 1. The molecule has 2 heterocycles. The first-order valence-corrected chi connectivity index (χ1v) is 7.09. The summed E-state index contributed by atoms with van der Waals surface area (Å²) in [4.78, 5) is 23.8. The summed E-state index contributed by atoms with van der Waals surface area (Å²) in [6.07, 6.45) is 3.16. The summed E-state index contributed by atoms with van der Waals surface area (Å²) < 4.78 is 0. The van der Waals surface area contributed by atoms with Crippen LogP contribution in [0.1, 0.15) is 23.5 Å². The number of nitrogens with one attached hydrogen (secondary N) is 1. The first-order valence-electron chi connectivity index (χ1n) is 6.27. The number of hydrogen-bond donors (Lipinski definition) is 2. The predicted octanol–water partition coefficient (Wildman–Crippen LogP) is 1.34. The van der Waals surface area contributed by atoms with Crippen LogP contribution in [0, 0.1) is 0 Å². The molecule has 2 aromatic rings. The van der Waals surface area contributed by atoms with Gasteiger partial charge in [0.25, 0.3) is 5.91 Å². The molecule has 0 spiro atoms. The van der Waals surface area contributed by atoms with E-state index in [1.807, 2.05) is 14.1 Å². The number of likely N-dealkylation sites (N-methyl/N-ethyl adjacent to an activating group) is 1. The molecule has 1 amide bonds. The molecule has 0 saturated carbocycles. The number of fused-ring (bicyclic) bond motifs is 1. The van der Waals surface area contributed by atoms with Gasteiger partial charge in [0.2, 0.25) is 0 Å². The van der Waals surface area contributed by atoms with Gasteiger partial charge in [-0.15, -0.1) is 11.3 Å². The van der Waals surface area contributed by atoms with E-state index in [4.69, 9.17) is 5.73 Å². The summed E-state index contributed by atoms with van der Waals surface area (Å²) in [6, 6.07) is 0. The second-order valence-corrected chi connectivity index (χ2v) is 6.44. The Bertz CT molecular complexity index is 635. The second kappa shape index (κ2) is 5.34. The second-order valence-electron chi connectivity index (χ2n) is 5.44. The Morgan fingerprint density at radius 1 is 1.40 bits per heavy atom. The number of amides is 1. The van der Waals surface area contributed by atoms with Gasteiger partial charge in [0.05, 0.1) is 5.69 Å². The lowest BCUT2D eigenvalue weighted by atomic mass is 10.0. The normalized spacial score (nSPS) is 12.1. The number of thiophene rings is 1. The molecule has 6 nitrogen and oxygen atoms in total. The number of carbonyl (C=O) groups excluding carboxylic acids is 1. The highest BCUT2D eigenvalue weighted by atomic mass is 32.1. The van der Waals surface area contributed by atoms with Gasteiger partial charge in [0.15, 0.2) is 0 Å². The highest BCUT2D eigenvalue weighted by molar-refractivity contribution is 7.21. The highest BCUT2D eigenvalue weighted by Crippen LogP contribution is 2.30. The topological polar surface area (TPSA) is 84.1 Å². The molecule has 0 atom stereocenters. The number of nitrogens with zero attached hydrogens (tertiary/aromatic N) is 3. The largest absolute Gasteiger partial charge is 0.396 e. The molecule has 0 fully saturated rings. The molecule has 0 aliphatic heterocycles. The van der Waals surface area contributed by atoms with Gasteiger partial charge in [-0.2, -0.15) is 0 Å². The lowest BCUT2D eigenvalue weighted by Crippen LogP contribution is -2.48. The average molecular weight is 293 g/mol. The van der Waals surface area contributed by atoms with Gasteiger partial charge in [-0.3, -0.25) is 4.79 Å². The van der Waals surface area contributed by atoms with E-state index < -0.39 is 0 Å². The van der Waals surface area contributed by atoms with Crippen molar-refractivity contribution in [1.82, 2.24) is 20.2 Å². The van der Waals surface area contributed by atoms with Gasteiger partial charge in [0, 0.05) is 24.5 Å². The Morgan fingerprint density at radius 2 is 2.05 bits per heavy atom. The van der Waals surface area contributed by atoms with Crippen molar-refractivity contribution in [2.45, 2.75) is 19.4 Å². The SMILES string of the molecule is CN(C)C(C)(C)CNC(=O)c1sc2nccnc2c1N. The smallest absolute Gasteiger partial charge is 0.263 e. The van der Waals surface area contributed by atoms with Crippen LogP contribution < -0.4 is 11.1 Å². The summed E-state index contributed by atoms with van der Waals surface area (Å²) in [5, 5.41) is 2.92. The first-order chi connectivity index (χ1) is 9.33. The standard InChI is InChI=1S/C13H19N5OS/c1-13(2,18(3)4)7-17-11(19)10-8(14)9-12(20-10)16-6-5-15-9/h5-6H,7,14H2,1-4H3,(H,17,19). The van der Waals surface area contributed by atoms with Crippen LogP contribution in [0.15, 0.2) is 12.4 Å². The fraction of sp³-hybridized carbons (Fsp3) is 0.462. The van der Waals surface area contributed by atoms with Crippen LogP contribution in [0.3, 0.4) is 0 Å². The summed E-state index contributed by atoms with van der Waals surface area (Å²) in [7, 11) is 3.96. The highest BCUT2D eigenvalue weighted by Gasteiger charge is 2.23. The van der Waals surface area contributed by atoms with Crippen molar-refractivity contribution in [2.24, 2.45) is 0 Å². The molecule has 0 radical (unpaired) electrons. The number of nitrogen functional groups attached to an aromatic ring is 1. The van der Waals surface area contributed by atoms with Crippen molar-refractivity contribution in [2.75, 3.05) is 26.4 Å². The van der Waals surface area contributed by atoms with Crippen LogP contribution in [-0.4, -0.2) is 47.0 Å². The minimum atomic E-state index is -0.178. The van der Waals surface area contributed by atoms with Crippen molar-refractivity contribution in [3.05, 3.63) is 17.3 Å². The van der Waals surface area contributed by atoms with Crippen LogP contribution in [0.5, 0.6) is 0 Å². The number of nitrogens with two attached hydrogens (primary N) is 1. The Hall–Kier alpha value is -1.73. The summed E-state index contributed by atoms with van der Waals surface area (Å²) in [5.41, 5.74) is 6.84. The molecule has 0 aliphatic carbocycles. The van der Waals surface area contributed by atoms with E-state index in [1.165, 1.54) is 11.3 Å². The lowest BCUT2D eigenvalue weighted by molar-refractivity contribution is 0.0924. The van der Waals surface area contributed by atoms with E-state index in [1.54, 1.807) is 12.4 Å². The Labute approximate surface area is 122 Å². The van der Waals surface area contributed by atoms with Crippen LogP contribution in [-0.2, 0) is 0 Å². The molecule has 3 N–H and O–H groups in total. The number of hydrogen-bond acceptors (Lipinski definition) is 6. The maximum Gasteiger partial charge on any atom is 0.263 e. The van der Waals surface area contributed by atoms with Crippen molar-refractivity contribution in [3.8, 4) is 0 Å². The molecule has 108 valence electrons.